The van der Waals surface area contributed by atoms with E-state index >= 15 is 0 Å². The first-order chi connectivity index (χ1) is 7.18. The Morgan fingerprint density at radius 3 is 2.40 bits per heavy atom. The third-order valence-corrected chi connectivity index (χ3v) is 2.81. The van der Waals surface area contributed by atoms with Crippen LogP contribution in [0.2, 0.25) is 10.2 Å². The van der Waals surface area contributed by atoms with Gasteiger partial charge in [-0.25, -0.2) is 0 Å². The minimum atomic E-state index is 0.433. The predicted molar refractivity (Wildman–Crippen MR) is 62.2 cm³/mol. The lowest BCUT2D eigenvalue weighted by Gasteiger charge is -2.05. The number of nitrogens with zero attached hydrogens (tertiary/aromatic N) is 2. The van der Waals surface area contributed by atoms with E-state index in [-0.39, 0.29) is 0 Å². The van der Waals surface area contributed by atoms with Crippen LogP contribution in [0.15, 0.2) is 30.5 Å². The van der Waals surface area contributed by atoms with E-state index in [2.05, 4.69) is 10.2 Å². The first kappa shape index (κ1) is 10.4. The van der Waals surface area contributed by atoms with Gasteiger partial charge in [0.1, 0.15) is 0 Å². The topological polar surface area (TPSA) is 25.8 Å². The van der Waals surface area contributed by atoms with Crippen LogP contribution in [-0.2, 0) is 0 Å². The molecule has 15 heavy (non-hydrogen) atoms. The van der Waals surface area contributed by atoms with Crippen LogP contribution < -0.4 is 0 Å². The van der Waals surface area contributed by atoms with Crippen LogP contribution in [0, 0.1) is 6.92 Å². The van der Waals surface area contributed by atoms with Crippen LogP contribution in [0.5, 0.6) is 0 Å². The Hall–Kier alpha value is -1.12. The number of halogens is 2. The molecule has 0 atom stereocenters. The number of benzene rings is 1. The molecule has 1 heterocycles. The molecule has 1 aromatic heterocycles. The molecule has 0 fully saturated rings. The fourth-order valence-electron chi connectivity index (χ4n) is 1.34. The van der Waals surface area contributed by atoms with Crippen LogP contribution in [0.25, 0.3) is 11.1 Å². The molecule has 0 aliphatic heterocycles. The maximum Gasteiger partial charge on any atom is 0.155 e. The monoisotopic (exact) mass is 238 g/mol. The van der Waals surface area contributed by atoms with Crippen LogP contribution in [0.4, 0.5) is 0 Å². The maximum atomic E-state index is 5.90. The summed E-state index contributed by atoms with van der Waals surface area (Å²) in [7, 11) is 0. The molecule has 2 nitrogen and oxygen atoms in total. The third-order valence-electron chi connectivity index (χ3n) is 2.20. The van der Waals surface area contributed by atoms with Crippen LogP contribution in [0.3, 0.4) is 0 Å². The maximum absolute atomic E-state index is 5.90. The van der Waals surface area contributed by atoms with Crippen LogP contribution in [-0.4, -0.2) is 10.2 Å². The number of rotatable bonds is 1. The second-order valence-corrected chi connectivity index (χ2v) is 3.98. The Bertz CT molecular complexity index is 480. The molecule has 0 saturated carbocycles. The van der Waals surface area contributed by atoms with Gasteiger partial charge in [0.25, 0.3) is 0 Å². The molecule has 1 aromatic carbocycles. The van der Waals surface area contributed by atoms with Gasteiger partial charge in [-0.1, -0.05) is 35.3 Å². The van der Waals surface area contributed by atoms with E-state index in [1.807, 2.05) is 31.2 Å². The summed E-state index contributed by atoms with van der Waals surface area (Å²) in [6.07, 6.45) is 1.70. The average Bonchev–Trinajstić information content (AvgIpc) is 2.24. The van der Waals surface area contributed by atoms with Crippen molar-refractivity contribution >= 4 is 23.2 Å². The molecule has 0 N–H and O–H groups in total. The van der Waals surface area contributed by atoms with E-state index < -0.39 is 0 Å². The molecule has 2 aromatic rings. The molecule has 0 radical (unpaired) electrons. The van der Waals surface area contributed by atoms with Crippen molar-refractivity contribution < 1.29 is 0 Å². The van der Waals surface area contributed by atoms with Gasteiger partial charge in [0.2, 0.25) is 0 Å². The largest absolute Gasteiger partial charge is 0.157 e. The first-order valence-corrected chi connectivity index (χ1v) is 5.18. The molecule has 0 saturated heterocycles. The summed E-state index contributed by atoms with van der Waals surface area (Å²) in [5, 5.41) is 8.75. The van der Waals surface area contributed by atoms with E-state index in [0.717, 1.165) is 16.7 Å². The standard InChI is InChI=1S/C11H8Cl2N2/c1-7-10(6-14-15-11(7)13)8-2-4-9(12)5-3-8/h2-6H,1H3. The zero-order valence-electron chi connectivity index (χ0n) is 8.04. The highest BCUT2D eigenvalue weighted by Gasteiger charge is 2.06. The average molecular weight is 239 g/mol. The summed E-state index contributed by atoms with van der Waals surface area (Å²) in [5.74, 6) is 0. The van der Waals surface area contributed by atoms with Crippen LogP contribution >= 0.6 is 23.2 Å². The van der Waals surface area contributed by atoms with Crippen molar-refractivity contribution in [1.82, 2.24) is 10.2 Å². The predicted octanol–water partition coefficient (Wildman–Crippen LogP) is 3.76. The molecule has 76 valence electrons. The van der Waals surface area contributed by atoms with Gasteiger partial charge >= 0.3 is 0 Å². The third kappa shape index (κ3) is 2.11. The van der Waals surface area contributed by atoms with Crippen molar-refractivity contribution in [3.63, 3.8) is 0 Å². The van der Waals surface area contributed by atoms with Gasteiger partial charge in [-0.3, -0.25) is 0 Å². The van der Waals surface area contributed by atoms with Gasteiger partial charge in [0, 0.05) is 10.6 Å². The van der Waals surface area contributed by atoms with E-state index in [1.54, 1.807) is 6.20 Å². The Labute approximate surface area is 97.9 Å². The summed E-state index contributed by atoms with van der Waals surface area (Å²) in [6.45, 7) is 1.92. The summed E-state index contributed by atoms with van der Waals surface area (Å²) in [4.78, 5) is 0. The number of aromatic nitrogens is 2. The fraction of sp³-hybridized carbons (Fsp3) is 0.0909. The SMILES string of the molecule is Cc1c(-c2ccc(Cl)cc2)cnnc1Cl. The highest BCUT2D eigenvalue weighted by atomic mass is 35.5. The second kappa shape index (κ2) is 4.17. The fourth-order valence-corrected chi connectivity index (χ4v) is 1.61. The quantitative estimate of drug-likeness (QED) is 0.757. The highest BCUT2D eigenvalue weighted by molar-refractivity contribution is 6.31. The van der Waals surface area contributed by atoms with E-state index in [4.69, 9.17) is 23.2 Å². The van der Waals surface area contributed by atoms with E-state index in [9.17, 15) is 0 Å². The number of hydrogen-bond donors (Lipinski definition) is 0. The molecule has 0 spiro atoms. The highest BCUT2D eigenvalue weighted by Crippen LogP contribution is 2.26. The van der Waals surface area contributed by atoms with Gasteiger partial charge in [-0.05, 0) is 30.2 Å². The summed E-state index contributed by atoms with van der Waals surface area (Å²) < 4.78 is 0. The number of hydrogen-bond acceptors (Lipinski definition) is 2. The summed E-state index contributed by atoms with van der Waals surface area (Å²) in [6, 6.07) is 7.54. The van der Waals surface area contributed by atoms with Gasteiger partial charge < -0.3 is 0 Å². The molecule has 0 bridgehead atoms. The van der Waals surface area contributed by atoms with Crippen molar-refractivity contribution in [2.75, 3.05) is 0 Å². The Kier molecular flexibility index (Phi) is 2.89. The van der Waals surface area contributed by atoms with Gasteiger partial charge in [0.05, 0.1) is 6.20 Å². The minimum Gasteiger partial charge on any atom is -0.157 e. The Morgan fingerprint density at radius 2 is 1.73 bits per heavy atom. The molecule has 0 amide bonds. The molecular weight excluding hydrogens is 231 g/mol. The Balaban J connectivity index is 2.54. The van der Waals surface area contributed by atoms with Crippen molar-refractivity contribution in [2.45, 2.75) is 6.92 Å². The minimum absolute atomic E-state index is 0.433. The zero-order valence-corrected chi connectivity index (χ0v) is 9.55. The molecule has 4 heteroatoms. The molecule has 0 aliphatic carbocycles. The summed E-state index contributed by atoms with van der Waals surface area (Å²) in [5.41, 5.74) is 2.94. The van der Waals surface area contributed by atoms with Gasteiger partial charge in [-0.2, -0.15) is 5.10 Å². The molecule has 0 unspecified atom stereocenters. The normalized spacial score (nSPS) is 10.3. The van der Waals surface area contributed by atoms with Crippen molar-refractivity contribution in [2.24, 2.45) is 0 Å². The van der Waals surface area contributed by atoms with E-state index in [1.165, 1.54) is 0 Å². The molecule has 0 aliphatic rings. The lowest BCUT2D eigenvalue weighted by Crippen LogP contribution is -1.90. The smallest absolute Gasteiger partial charge is 0.155 e. The molecule has 2 rings (SSSR count). The first-order valence-electron chi connectivity index (χ1n) is 4.42. The lowest BCUT2D eigenvalue weighted by atomic mass is 10.0. The second-order valence-electron chi connectivity index (χ2n) is 3.18. The molecular formula is C11H8Cl2N2. The van der Waals surface area contributed by atoms with E-state index in [0.29, 0.717) is 10.2 Å². The zero-order chi connectivity index (χ0) is 10.8. The van der Waals surface area contributed by atoms with Gasteiger partial charge in [-0.15, -0.1) is 5.10 Å². The summed E-state index contributed by atoms with van der Waals surface area (Å²) >= 11 is 11.7. The van der Waals surface area contributed by atoms with Crippen molar-refractivity contribution in [3.8, 4) is 11.1 Å². The Morgan fingerprint density at radius 1 is 1.07 bits per heavy atom. The van der Waals surface area contributed by atoms with Crippen LogP contribution in [0.1, 0.15) is 5.56 Å². The van der Waals surface area contributed by atoms with Crippen molar-refractivity contribution in [3.05, 3.63) is 46.2 Å². The van der Waals surface area contributed by atoms with Crippen molar-refractivity contribution in [1.29, 1.82) is 0 Å². The van der Waals surface area contributed by atoms with Gasteiger partial charge in [0.15, 0.2) is 5.15 Å². The lowest BCUT2D eigenvalue weighted by molar-refractivity contribution is 1.02.